The Hall–Kier alpha value is -2.87. The second kappa shape index (κ2) is 9.17. The Morgan fingerprint density at radius 2 is 1.97 bits per heavy atom. The van der Waals surface area contributed by atoms with Gasteiger partial charge in [0, 0.05) is 26.8 Å². The lowest BCUT2D eigenvalue weighted by Crippen LogP contribution is -2.43. The van der Waals surface area contributed by atoms with E-state index in [4.69, 9.17) is 26.8 Å². The van der Waals surface area contributed by atoms with E-state index >= 15 is 0 Å². The Bertz CT molecular complexity index is 1130. The fourth-order valence-electron chi connectivity index (χ4n) is 3.75. The number of nitrogen functional groups attached to an aromatic ring is 1. The maximum absolute atomic E-state index is 13.6. The van der Waals surface area contributed by atoms with Crippen molar-refractivity contribution in [3.05, 3.63) is 15.6 Å². The number of ether oxygens (including phenoxy) is 3. The van der Waals surface area contributed by atoms with Crippen molar-refractivity contribution in [3.8, 4) is 0 Å². The number of anilines is 1. The second-order valence-electron chi connectivity index (χ2n) is 7.37. The molecule has 4 atom stereocenters. The third kappa shape index (κ3) is 4.90. The number of aromatic nitrogens is 4. The van der Waals surface area contributed by atoms with Crippen LogP contribution in [0.25, 0.3) is 11.2 Å². The van der Waals surface area contributed by atoms with E-state index in [9.17, 15) is 27.6 Å². The van der Waals surface area contributed by atoms with Crippen molar-refractivity contribution in [3.63, 3.8) is 0 Å². The quantitative estimate of drug-likeness (QED) is 0.470. The average molecular weight is 496 g/mol. The lowest BCUT2D eigenvalue weighted by Gasteiger charge is -2.25. The first-order valence-electron chi connectivity index (χ1n) is 9.85. The topological polar surface area (TPSA) is 141 Å². The number of carbonyl (C=O) groups excluding carboxylic acids is 2. The van der Waals surface area contributed by atoms with Gasteiger partial charge in [0.15, 0.2) is 17.0 Å². The molecule has 0 bridgehead atoms. The third-order valence-corrected chi connectivity index (χ3v) is 5.11. The molecular weight excluding hydrogens is 475 g/mol. The zero-order chi connectivity index (χ0) is 24.7. The first-order chi connectivity index (χ1) is 15.3. The molecule has 1 aliphatic rings. The minimum absolute atomic E-state index is 0.0960. The van der Waals surface area contributed by atoms with Crippen LogP contribution >= 0.6 is 11.6 Å². The van der Waals surface area contributed by atoms with Crippen LogP contribution in [0.15, 0.2) is 4.79 Å². The smallest absolute Gasteiger partial charge is 0.428 e. The van der Waals surface area contributed by atoms with Crippen LogP contribution in [0.2, 0.25) is 5.15 Å². The van der Waals surface area contributed by atoms with Gasteiger partial charge < -0.3 is 19.9 Å². The molecule has 15 heteroatoms. The highest BCUT2D eigenvalue weighted by Gasteiger charge is 2.54. The lowest BCUT2D eigenvalue weighted by molar-refractivity contribution is -0.248. The van der Waals surface area contributed by atoms with Crippen molar-refractivity contribution in [2.45, 2.75) is 70.9 Å². The summed E-state index contributed by atoms with van der Waals surface area (Å²) in [6, 6.07) is 0. The number of hydrogen-bond acceptors (Lipinski definition) is 9. The highest BCUT2D eigenvalue weighted by atomic mass is 35.5. The maximum atomic E-state index is 13.6. The molecule has 0 saturated carbocycles. The third-order valence-electron chi connectivity index (χ3n) is 4.84. The van der Waals surface area contributed by atoms with Gasteiger partial charge in [0.2, 0.25) is 12.1 Å². The van der Waals surface area contributed by atoms with Crippen LogP contribution < -0.4 is 11.4 Å². The molecule has 11 nitrogen and oxygen atoms in total. The van der Waals surface area contributed by atoms with E-state index in [2.05, 4.69) is 14.7 Å². The van der Waals surface area contributed by atoms with Gasteiger partial charge in [0.1, 0.15) is 17.7 Å². The molecule has 0 radical (unpaired) electrons. The summed E-state index contributed by atoms with van der Waals surface area (Å²) in [5.74, 6) is -2.29. The molecule has 3 heterocycles. The van der Waals surface area contributed by atoms with Gasteiger partial charge in [-0.2, -0.15) is 23.1 Å². The van der Waals surface area contributed by atoms with Crippen LogP contribution in [0.3, 0.4) is 0 Å². The number of alkyl halides is 3. The molecule has 0 aliphatic carbocycles. The van der Waals surface area contributed by atoms with Crippen molar-refractivity contribution in [1.82, 2.24) is 19.1 Å². The molecule has 182 valence electrons. The SMILES string of the molecule is CCCn1c(=O)n([C@@H]2O[C@H](C(OC(C)=O)C(F)(F)F)C[C@H]2OC(C)=O)c2nc(N)nc(Cl)c21. The van der Waals surface area contributed by atoms with Gasteiger partial charge >= 0.3 is 23.8 Å². The number of esters is 2. The van der Waals surface area contributed by atoms with Crippen molar-refractivity contribution in [2.75, 3.05) is 5.73 Å². The highest BCUT2D eigenvalue weighted by Crippen LogP contribution is 2.39. The minimum atomic E-state index is -4.98. The first kappa shape index (κ1) is 24.8. The van der Waals surface area contributed by atoms with Crippen molar-refractivity contribution in [1.29, 1.82) is 0 Å². The summed E-state index contributed by atoms with van der Waals surface area (Å²) in [5, 5.41) is -0.145. The number of fused-ring (bicyclic) bond motifs is 1. The van der Waals surface area contributed by atoms with Gasteiger partial charge in [0.25, 0.3) is 0 Å². The van der Waals surface area contributed by atoms with E-state index in [1.165, 1.54) is 4.57 Å². The molecule has 1 fully saturated rings. The Balaban J connectivity index is 2.17. The molecule has 0 amide bonds. The number of carbonyl (C=O) groups is 2. The molecular formula is C18H21ClF3N5O6. The summed E-state index contributed by atoms with van der Waals surface area (Å²) < 4.78 is 58.1. The number of halogens is 4. The largest absolute Gasteiger partial charge is 0.458 e. The lowest BCUT2D eigenvalue weighted by atomic mass is 10.1. The summed E-state index contributed by atoms with van der Waals surface area (Å²) >= 11 is 6.18. The van der Waals surface area contributed by atoms with Gasteiger partial charge in [-0.3, -0.25) is 14.2 Å². The van der Waals surface area contributed by atoms with Gasteiger partial charge in [0.05, 0.1) is 0 Å². The van der Waals surface area contributed by atoms with Crippen LogP contribution in [0.4, 0.5) is 19.1 Å². The number of imidazole rings is 1. The van der Waals surface area contributed by atoms with Crippen LogP contribution in [0.1, 0.15) is 39.8 Å². The Morgan fingerprint density at radius 1 is 1.30 bits per heavy atom. The summed E-state index contributed by atoms with van der Waals surface area (Å²) in [5.41, 5.74) is 4.92. The Labute approximate surface area is 189 Å². The van der Waals surface area contributed by atoms with Crippen molar-refractivity contribution >= 4 is 40.7 Å². The van der Waals surface area contributed by atoms with E-state index in [-0.39, 0.29) is 28.8 Å². The van der Waals surface area contributed by atoms with E-state index in [1.54, 1.807) is 6.92 Å². The molecule has 2 aromatic rings. The first-order valence-corrected chi connectivity index (χ1v) is 10.2. The highest BCUT2D eigenvalue weighted by molar-refractivity contribution is 6.33. The minimum Gasteiger partial charge on any atom is -0.458 e. The predicted octanol–water partition coefficient (Wildman–Crippen LogP) is 1.95. The van der Waals surface area contributed by atoms with Gasteiger partial charge in [-0.05, 0) is 6.42 Å². The van der Waals surface area contributed by atoms with Gasteiger partial charge in [-0.1, -0.05) is 18.5 Å². The van der Waals surface area contributed by atoms with Gasteiger partial charge in [-0.15, -0.1) is 0 Å². The Morgan fingerprint density at radius 3 is 2.52 bits per heavy atom. The van der Waals surface area contributed by atoms with Crippen LogP contribution in [0, 0.1) is 0 Å². The van der Waals surface area contributed by atoms with E-state index in [0.717, 1.165) is 18.4 Å². The Kier molecular flexibility index (Phi) is 6.88. The predicted molar refractivity (Wildman–Crippen MR) is 107 cm³/mol. The molecule has 1 saturated heterocycles. The zero-order valence-corrected chi connectivity index (χ0v) is 18.5. The number of hydrogen-bond donors (Lipinski definition) is 1. The van der Waals surface area contributed by atoms with Crippen molar-refractivity contribution in [2.24, 2.45) is 0 Å². The summed E-state index contributed by atoms with van der Waals surface area (Å²) in [4.78, 5) is 44.0. The van der Waals surface area contributed by atoms with E-state index in [0.29, 0.717) is 6.42 Å². The van der Waals surface area contributed by atoms with Crippen LogP contribution in [0.5, 0.6) is 0 Å². The summed E-state index contributed by atoms with van der Waals surface area (Å²) in [7, 11) is 0. The summed E-state index contributed by atoms with van der Waals surface area (Å²) in [6.45, 7) is 3.85. The molecule has 33 heavy (non-hydrogen) atoms. The molecule has 2 aromatic heterocycles. The maximum Gasteiger partial charge on any atom is 0.428 e. The van der Waals surface area contributed by atoms with E-state index in [1.807, 2.05) is 0 Å². The normalized spacial score (nSPS) is 21.8. The summed E-state index contributed by atoms with van der Waals surface area (Å²) in [6.07, 6.45) is -12.3. The monoisotopic (exact) mass is 495 g/mol. The molecule has 1 aliphatic heterocycles. The number of nitrogens with two attached hydrogens (primary N) is 1. The fraction of sp³-hybridized carbons (Fsp3) is 0.611. The van der Waals surface area contributed by atoms with Crippen molar-refractivity contribution < 1.29 is 37.0 Å². The van der Waals surface area contributed by atoms with Gasteiger partial charge in [-0.25, -0.2) is 9.36 Å². The molecule has 0 spiro atoms. The molecule has 3 rings (SSSR count). The molecule has 1 unspecified atom stereocenters. The standard InChI is InChI=1S/C18H21ClF3N5O6/c1-4-5-26-11-13(19)24-16(23)25-14(11)27(17(26)30)15-10(31-7(2)28)6-9(33-15)12(18(20,21)22)32-8(3)29/h9-10,12,15H,4-6H2,1-3H3,(H2,23,24,25)/t9-,10+,12?,15+/m0/s1. The second-order valence-corrected chi connectivity index (χ2v) is 7.73. The zero-order valence-electron chi connectivity index (χ0n) is 17.8. The molecule has 2 N–H and O–H groups in total. The molecule has 0 aromatic carbocycles. The fourth-order valence-corrected chi connectivity index (χ4v) is 4.02. The number of aryl methyl sites for hydroxylation is 1. The van der Waals surface area contributed by atoms with Crippen LogP contribution in [-0.2, 0) is 30.3 Å². The average Bonchev–Trinajstić information content (AvgIpc) is 3.17. The van der Waals surface area contributed by atoms with Crippen LogP contribution in [-0.4, -0.2) is 55.5 Å². The number of rotatable bonds is 6. The van der Waals surface area contributed by atoms with E-state index < -0.39 is 54.8 Å². The number of nitrogens with zero attached hydrogens (tertiary/aromatic N) is 4.